The molecule has 2 aromatic rings. The van der Waals surface area contributed by atoms with Crippen LogP contribution in [-0.4, -0.2) is 36.4 Å². The second kappa shape index (κ2) is 5.63. The lowest BCUT2D eigenvalue weighted by Gasteiger charge is -2.19. The zero-order valence-electron chi connectivity index (χ0n) is 13.4. The van der Waals surface area contributed by atoms with Crippen LogP contribution in [0.4, 0.5) is 5.95 Å². The molecule has 2 unspecified atom stereocenters. The first-order valence-corrected chi connectivity index (χ1v) is 8.53. The van der Waals surface area contributed by atoms with Crippen LogP contribution in [-0.2, 0) is 7.05 Å². The number of aliphatic hydroxyl groups excluding tert-OH is 1. The van der Waals surface area contributed by atoms with E-state index in [1.54, 1.807) is 17.9 Å². The minimum Gasteiger partial charge on any atom is -0.391 e. The van der Waals surface area contributed by atoms with Crippen molar-refractivity contribution in [3.8, 4) is 0 Å². The molecule has 7 heteroatoms. The van der Waals surface area contributed by atoms with Crippen molar-refractivity contribution < 1.29 is 5.11 Å². The van der Waals surface area contributed by atoms with Crippen LogP contribution in [0.5, 0.6) is 0 Å². The quantitative estimate of drug-likeness (QED) is 0.897. The lowest BCUT2D eigenvalue weighted by molar-refractivity contribution is 0.171. The van der Waals surface area contributed by atoms with Crippen molar-refractivity contribution in [2.45, 2.75) is 63.1 Å². The molecule has 7 nitrogen and oxygen atoms in total. The van der Waals surface area contributed by atoms with Crippen LogP contribution in [0.15, 0.2) is 11.1 Å². The predicted octanol–water partition coefficient (Wildman–Crippen LogP) is 1.57. The van der Waals surface area contributed by atoms with Gasteiger partial charge in [0.1, 0.15) is 0 Å². The number of nitrogens with one attached hydrogen (secondary N) is 1. The number of nitrogens with zero attached hydrogens (tertiary/aromatic N) is 4. The summed E-state index contributed by atoms with van der Waals surface area (Å²) in [7, 11) is 1.73. The summed E-state index contributed by atoms with van der Waals surface area (Å²) in [5.41, 5.74) is 1.02. The highest BCUT2D eigenvalue weighted by molar-refractivity contribution is 5.71. The van der Waals surface area contributed by atoms with Crippen molar-refractivity contribution in [1.29, 1.82) is 0 Å². The van der Waals surface area contributed by atoms with Gasteiger partial charge >= 0.3 is 0 Å². The minimum atomic E-state index is -0.376. The molecular formula is C16H23N5O2. The zero-order chi connectivity index (χ0) is 16.0. The number of aliphatic hydroxyl groups is 1. The van der Waals surface area contributed by atoms with Gasteiger partial charge in [-0.1, -0.05) is 12.8 Å². The predicted molar refractivity (Wildman–Crippen MR) is 87.5 cm³/mol. The molecule has 124 valence electrons. The van der Waals surface area contributed by atoms with E-state index in [4.69, 9.17) is 0 Å². The van der Waals surface area contributed by atoms with Gasteiger partial charge in [0.15, 0.2) is 11.2 Å². The molecular weight excluding hydrogens is 294 g/mol. The Kier molecular flexibility index (Phi) is 3.60. The summed E-state index contributed by atoms with van der Waals surface area (Å²) in [5.74, 6) is 0.491. The Morgan fingerprint density at radius 3 is 2.70 bits per heavy atom. The number of aromatic nitrogens is 4. The molecule has 0 bridgehead atoms. The Morgan fingerprint density at radius 2 is 2.00 bits per heavy atom. The van der Waals surface area contributed by atoms with E-state index in [2.05, 4.69) is 15.3 Å². The smallest absolute Gasteiger partial charge is 0.280 e. The maximum atomic E-state index is 12.8. The first kappa shape index (κ1) is 14.7. The maximum Gasteiger partial charge on any atom is 0.280 e. The molecule has 2 aliphatic carbocycles. The highest BCUT2D eigenvalue weighted by Gasteiger charge is 2.27. The summed E-state index contributed by atoms with van der Waals surface area (Å²) in [6.45, 7) is 0. The average Bonchev–Trinajstić information content (AvgIpc) is 3.25. The molecule has 4 rings (SSSR count). The number of fused-ring (bicyclic) bond motifs is 1. The molecule has 0 radical (unpaired) electrons. The molecule has 2 aliphatic rings. The standard InChI is InChI=1S/C16H23N5O2/c1-20-15(23)13-14(17-9-21(13)10-5-2-3-6-10)19-16(20)18-11-7-4-8-12(11)22/h9-12,22H,2-8H2,1H3,(H,18,19). The third-order valence-corrected chi connectivity index (χ3v) is 5.32. The van der Waals surface area contributed by atoms with Gasteiger partial charge in [-0.2, -0.15) is 4.98 Å². The van der Waals surface area contributed by atoms with Gasteiger partial charge in [-0.25, -0.2) is 4.98 Å². The van der Waals surface area contributed by atoms with Gasteiger partial charge in [0.25, 0.3) is 5.56 Å². The normalized spacial score (nSPS) is 25.5. The summed E-state index contributed by atoms with van der Waals surface area (Å²) in [6.07, 6.45) is 8.67. The van der Waals surface area contributed by atoms with Gasteiger partial charge < -0.3 is 15.0 Å². The molecule has 2 fully saturated rings. The Bertz CT molecular complexity index is 775. The van der Waals surface area contributed by atoms with Gasteiger partial charge in [-0.05, 0) is 32.1 Å². The first-order valence-electron chi connectivity index (χ1n) is 8.53. The topological polar surface area (TPSA) is 85.0 Å². The molecule has 2 N–H and O–H groups in total. The van der Waals surface area contributed by atoms with Crippen molar-refractivity contribution in [3.63, 3.8) is 0 Å². The second-order valence-electron chi connectivity index (χ2n) is 6.81. The van der Waals surface area contributed by atoms with E-state index in [1.165, 1.54) is 12.8 Å². The number of imidazole rings is 1. The third-order valence-electron chi connectivity index (χ3n) is 5.32. The number of hydrogen-bond acceptors (Lipinski definition) is 5. The molecule has 0 aromatic carbocycles. The maximum absolute atomic E-state index is 12.8. The van der Waals surface area contributed by atoms with Crippen molar-refractivity contribution in [2.24, 2.45) is 7.05 Å². The molecule has 0 spiro atoms. The monoisotopic (exact) mass is 317 g/mol. The van der Waals surface area contributed by atoms with E-state index in [1.807, 2.05) is 4.57 Å². The Balaban J connectivity index is 1.74. The summed E-state index contributed by atoms with van der Waals surface area (Å²) >= 11 is 0. The van der Waals surface area contributed by atoms with E-state index in [9.17, 15) is 9.90 Å². The molecule has 0 aliphatic heterocycles. The van der Waals surface area contributed by atoms with Crippen LogP contribution in [0, 0.1) is 0 Å². The summed E-state index contributed by atoms with van der Waals surface area (Å²) in [4.78, 5) is 21.7. The minimum absolute atomic E-state index is 0.0394. The molecule has 2 saturated carbocycles. The number of rotatable bonds is 3. The fraction of sp³-hybridized carbons (Fsp3) is 0.688. The van der Waals surface area contributed by atoms with Crippen molar-refractivity contribution in [1.82, 2.24) is 19.1 Å². The van der Waals surface area contributed by atoms with Crippen molar-refractivity contribution in [3.05, 3.63) is 16.7 Å². The molecule has 2 atom stereocenters. The summed E-state index contributed by atoms with van der Waals surface area (Å²) in [6, 6.07) is 0.326. The highest BCUT2D eigenvalue weighted by atomic mass is 16.3. The van der Waals surface area contributed by atoms with Gasteiger partial charge in [0, 0.05) is 13.1 Å². The molecule has 0 saturated heterocycles. The second-order valence-corrected chi connectivity index (χ2v) is 6.81. The van der Waals surface area contributed by atoms with Crippen molar-refractivity contribution in [2.75, 3.05) is 5.32 Å². The lowest BCUT2D eigenvalue weighted by atomic mass is 10.2. The molecule has 2 aromatic heterocycles. The molecule has 0 amide bonds. The Morgan fingerprint density at radius 1 is 1.22 bits per heavy atom. The average molecular weight is 317 g/mol. The van der Waals surface area contributed by atoms with Gasteiger partial charge in [0.05, 0.1) is 18.5 Å². The lowest BCUT2D eigenvalue weighted by Crippen LogP contribution is -2.32. The first-order chi connectivity index (χ1) is 11.1. The number of hydrogen-bond donors (Lipinski definition) is 2. The summed E-state index contributed by atoms with van der Waals surface area (Å²) in [5, 5.41) is 13.2. The van der Waals surface area contributed by atoms with E-state index in [0.717, 1.165) is 32.1 Å². The van der Waals surface area contributed by atoms with E-state index in [0.29, 0.717) is 23.2 Å². The third kappa shape index (κ3) is 2.43. The van der Waals surface area contributed by atoms with Gasteiger partial charge in [-0.15, -0.1) is 0 Å². The Labute approximate surface area is 134 Å². The summed E-state index contributed by atoms with van der Waals surface area (Å²) < 4.78 is 3.55. The molecule has 23 heavy (non-hydrogen) atoms. The van der Waals surface area contributed by atoms with Crippen LogP contribution >= 0.6 is 0 Å². The number of anilines is 1. The van der Waals surface area contributed by atoms with E-state index < -0.39 is 0 Å². The SMILES string of the molecule is Cn1c(NC2CCCC2O)nc2ncn(C3CCCC3)c2c1=O. The van der Waals surface area contributed by atoms with Crippen molar-refractivity contribution >= 4 is 17.1 Å². The van der Waals surface area contributed by atoms with Gasteiger partial charge in [0.2, 0.25) is 5.95 Å². The van der Waals surface area contributed by atoms with Crippen LogP contribution in [0.2, 0.25) is 0 Å². The van der Waals surface area contributed by atoms with E-state index >= 15 is 0 Å². The van der Waals surface area contributed by atoms with Gasteiger partial charge in [-0.3, -0.25) is 9.36 Å². The largest absolute Gasteiger partial charge is 0.391 e. The fourth-order valence-corrected chi connectivity index (χ4v) is 3.93. The molecule has 2 heterocycles. The van der Waals surface area contributed by atoms with E-state index in [-0.39, 0.29) is 17.7 Å². The van der Waals surface area contributed by atoms with Crippen LogP contribution in [0.1, 0.15) is 51.0 Å². The zero-order valence-corrected chi connectivity index (χ0v) is 13.4. The Hall–Kier alpha value is -1.89. The van der Waals surface area contributed by atoms with Crippen LogP contribution < -0.4 is 10.9 Å². The van der Waals surface area contributed by atoms with Crippen LogP contribution in [0.3, 0.4) is 0 Å². The fourth-order valence-electron chi connectivity index (χ4n) is 3.93. The van der Waals surface area contributed by atoms with Crippen LogP contribution in [0.25, 0.3) is 11.2 Å². The highest BCUT2D eigenvalue weighted by Crippen LogP contribution is 2.31.